The molecule has 2 rings (SSSR count). The van der Waals surface area contributed by atoms with E-state index in [2.05, 4.69) is 39.6 Å². The van der Waals surface area contributed by atoms with Gasteiger partial charge in [0, 0.05) is 19.5 Å². The van der Waals surface area contributed by atoms with Crippen LogP contribution in [0.15, 0.2) is 34.3 Å². The number of hydrogen-bond acceptors (Lipinski definition) is 4. The second kappa shape index (κ2) is 10.4. The minimum atomic E-state index is 0.0546. The van der Waals surface area contributed by atoms with Crippen molar-refractivity contribution in [3.63, 3.8) is 0 Å². The number of benzene rings is 1. The van der Waals surface area contributed by atoms with Crippen LogP contribution in [0.2, 0.25) is 0 Å². The van der Waals surface area contributed by atoms with Crippen LogP contribution in [-0.4, -0.2) is 37.6 Å². The molecule has 26 heavy (non-hydrogen) atoms. The molecule has 1 aromatic carbocycles. The van der Waals surface area contributed by atoms with Gasteiger partial charge >= 0.3 is 0 Å². The van der Waals surface area contributed by atoms with Crippen LogP contribution in [0.1, 0.15) is 55.1 Å². The fraction of sp³-hybridized carbons (Fsp3) is 0.526. The summed E-state index contributed by atoms with van der Waals surface area (Å²) in [6.45, 7) is 1.60. The van der Waals surface area contributed by atoms with Gasteiger partial charge in [-0.25, -0.2) is 9.79 Å². The molecular weight excluding hydrogens is 330 g/mol. The highest BCUT2D eigenvalue weighted by Gasteiger charge is 2.30. The highest BCUT2D eigenvalue weighted by Crippen LogP contribution is 2.45. The van der Waals surface area contributed by atoms with E-state index < -0.39 is 0 Å². The zero-order valence-corrected chi connectivity index (χ0v) is 15.0. The Labute approximate surface area is 154 Å². The quantitative estimate of drug-likeness (QED) is 0.240. The van der Waals surface area contributed by atoms with Gasteiger partial charge in [0.1, 0.15) is 0 Å². The number of rotatable bonds is 11. The summed E-state index contributed by atoms with van der Waals surface area (Å²) in [5.41, 5.74) is 13.1. The second-order valence-electron chi connectivity index (χ2n) is 6.55. The first kappa shape index (κ1) is 19.7. The van der Waals surface area contributed by atoms with Gasteiger partial charge in [-0.3, -0.25) is 9.79 Å². The number of hydrogen-bond donors (Lipinski definition) is 3. The molecule has 0 aliphatic heterocycles. The Morgan fingerprint density at radius 1 is 1.12 bits per heavy atom. The van der Waals surface area contributed by atoms with E-state index in [4.69, 9.17) is 11.5 Å². The van der Waals surface area contributed by atoms with Gasteiger partial charge in [0.25, 0.3) is 0 Å². The van der Waals surface area contributed by atoms with Crippen molar-refractivity contribution in [1.82, 2.24) is 5.32 Å². The van der Waals surface area contributed by atoms with E-state index in [0.29, 0.717) is 44.3 Å². The summed E-state index contributed by atoms with van der Waals surface area (Å²) in [6.07, 6.45) is 5.43. The molecule has 2 atom stereocenters. The normalized spacial score (nSPS) is 17.4. The maximum Gasteiger partial charge on any atom is 0.234 e. The zero-order valence-electron chi connectivity index (χ0n) is 15.0. The number of amides is 1. The standard InChI is InChI=1S/C19H27N5O2/c20-19(21)24-11-3-10-23-18(26)8-7-17-15-5-1-4-14(12-15)16(17)6-2-9-22-13-25/h1,4-5,12,16-17H,2-3,6-11H2,(H,23,26)(H4,20,21,24). The molecular formula is C19H27N5O2. The zero-order chi connectivity index (χ0) is 18.8. The van der Waals surface area contributed by atoms with Crippen molar-refractivity contribution in [3.8, 4) is 0 Å². The number of nitrogens with zero attached hydrogens (tertiary/aromatic N) is 2. The smallest absolute Gasteiger partial charge is 0.234 e. The van der Waals surface area contributed by atoms with Gasteiger partial charge in [0.15, 0.2) is 5.96 Å². The van der Waals surface area contributed by atoms with Gasteiger partial charge < -0.3 is 16.8 Å². The molecule has 2 bridgehead atoms. The van der Waals surface area contributed by atoms with Crippen LogP contribution < -0.4 is 16.8 Å². The summed E-state index contributed by atoms with van der Waals surface area (Å²) in [6, 6.07) is 8.57. The largest absolute Gasteiger partial charge is 0.370 e. The van der Waals surface area contributed by atoms with Crippen LogP contribution in [0.25, 0.3) is 0 Å². The SMILES string of the molecule is NC(N)=NCCCNC(=O)CCC1c2cccc(c2)C1CCCN=C=O. The summed E-state index contributed by atoms with van der Waals surface area (Å²) >= 11 is 0. The van der Waals surface area contributed by atoms with E-state index in [1.165, 1.54) is 11.1 Å². The summed E-state index contributed by atoms with van der Waals surface area (Å²) in [5, 5.41) is 2.91. The molecule has 1 aromatic rings. The summed E-state index contributed by atoms with van der Waals surface area (Å²) in [5.74, 6) is 0.882. The lowest BCUT2D eigenvalue weighted by molar-refractivity contribution is -0.121. The molecule has 0 fully saturated rings. The Morgan fingerprint density at radius 2 is 1.85 bits per heavy atom. The number of carbonyl (C=O) groups excluding carboxylic acids is 2. The number of fused-ring (bicyclic) bond motifs is 2. The monoisotopic (exact) mass is 357 g/mol. The number of nitrogens with one attached hydrogen (secondary N) is 1. The summed E-state index contributed by atoms with van der Waals surface area (Å²) in [4.78, 5) is 29.8. The number of carbonyl (C=O) groups is 1. The fourth-order valence-corrected chi connectivity index (χ4v) is 3.55. The van der Waals surface area contributed by atoms with Gasteiger partial charge in [-0.05, 0) is 48.6 Å². The van der Waals surface area contributed by atoms with Crippen molar-refractivity contribution in [3.05, 3.63) is 35.4 Å². The summed E-state index contributed by atoms with van der Waals surface area (Å²) in [7, 11) is 0. The van der Waals surface area contributed by atoms with Gasteiger partial charge in [-0.2, -0.15) is 0 Å². The van der Waals surface area contributed by atoms with Crippen LogP contribution in [0.4, 0.5) is 0 Å². The third kappa shape index (κ3) is 6.01. The van der Waals surface area contributed by atoms with Crippen molar-refractivity contribution < 1.29 is 9.59 Å². The molecule has 1 aliphatic carbocycles. The van der Waals surface area contributed by atoms with Crippen LogP contribution in [0.3, 0.4) is 0 Å². The van der Waals surface area contributed by atoms with Crippen LogP contribution in [0, 0.1) is 0 Å². The molecule has 0 saturated heterocycles. The maximum atomic E-state index is 12.1. The third-order valence-electron chi connectivity index (χ3n) is 4.74. The number of nitrogens with two attached hydrogens (primary N) is 2. The van der Waals surface area contributed by atoms with Crippen molar-refractivity contribution >= 4 is 17.9 Å². The van der Waals surface area contributed by atoms with Crippen molar-refractivity contribution in [2.75, 3.05) is 19.6 Å². The molecule has 1 aliphatic rings. The van der Waals surface area contributed by atoms with E-state index >= 15 is 0 Å². The Morgan fingerprint density at radius 3 is 2.54 bits per heavy atom. The van der Waals surface area contributed by atoms with E-state index in [-0.39, 0.29) is 11.9 Å². The molecule has 1 amide bonds. The molecule has 5 N–H and O–H groups in total. The highest BCUT2D eigenvalue weighted by molar-refractivity contribution is 5.76. The number of guanidine groups is 1. The topological polar surface area (TPSA) is 123 Å². The lowest BCUT2D eigenvalue weighted by Crippen LogP contribution is -2.26. The second-order valence-corrected chi connectivity index (χ2v) is 6.55. The van der Waals surface area contributed by atoms with Gasteiger partial charge in [0.2, 0.25) is 12.0 Å². The van der Waals surface area contributed by atoms with Crippen molar-refractivity contribution in [2.24, 2.45) is 21.5 Å². The lowest BCUT2D eigenvalue weighted by Gasteiger charge is -2.21. The van der Waals surface area contributed by atoms with Gasteiger partial charge in [0.05, 0.1) is 6.54 Å². The van der Waals surface area contributed by atoms with Gasteiger partial charge in [-0.1, -0.05) is 24.3 Å². The first-order valence-electron chi connectivity index (χ1n) is 9.07. The minimum absolute atomic E-state index is 0.0546. The summed E-state index contributed by atoms with van der Waals surface area (Å²) < 4.78 is 0. The predicted octanol–water partition coefficient (Wildman–Crippen LogP) is 1.54. The molecule has 7 heteroatoms. The molecule has 2 unspecified atom stereocenters. The first-order chi connectivity index (χ1) is 12.6. The van der Waals surface area contributed by atoms with Gasteiger partial charge in [-0.15, -0.1) is 0 Å². The molecule has 140 valence electrons. The van der Waals surface area contributed by atoms with Crippen molar-refractivity contribution in [1.29, 1.82) is 0 Å². The lowest BCUT2D eigenvalue weighted by atomic mass is 9.84. The Bertz CT molecular complexity index is 678. The third-order valence-corrected chi connectivity index (χ3v) is 4.74. The van der Waals surface area contributed by atoms with Crippen LogP contribution in [0.5, 0.6) is 0 Å². The maximum absolute atomic E-state index is 12.1. The average molecular weight is 357 g/mol. The Kier molecular flexibility index (Phi) is 7.83. The van der Waals surface area contributed by atoms with E-state index in [1.54, 1.807) is 6.08 Å². The van der Waals surface area contributed by atoms with Crippen LogP contribution in [-0.2, 0) is 9.59 Å². The van der Waals surface area contributed by atoms with Crippen LogP contribution >= 0.6 is 0 Å². The predicted molar refractivity (Wildman–Crippen MR) is 102 cm³/mol. The Balaban J connectivity index is 1.77. The molecule has 0 spiro atoms. The van der Waals surface area contributed by atoms with E-state index in [1.807, 2.05) is 0 Å². The van der Waals surface area contributed by atoms with Crippen molar-refractivity contribution in [2.45, 2.75) is 43.9 Å². The van der Waals surface area contributed by atoms with E-state index in [9.17, 15) is 9.59 Å². The number of aliphatic imine (C=N–C) groups is 2. The molecule has 7 nitrogen and oxygen atoms in total. The average Bonchev–Trinajstić information content (AvgIpc) is 2.85. The molecule has 0 heterocycles. The van der Waals surface area contributed by atoms with E-state index in [0.717, 1.165) is 19.3 Å². The number of isocyanates is 1. The first-order valence-corrected chi connectivity index (χ1v) is 9.07. The molecule has 0 aromatic heterocycles. The highest BCUT2D eigenvalue weighted by atomic mass is 16.1. The molecule has 0 radical (unpaired) electrons. The Hall–Kier alpha value is -2.66. The fourth-order valence-electron chi connectivity index (χ4n) is 3.55. The molecule has 0 saturated carbocycles. The minimum Gasteiger partial charge on any atom is -0.370 e.